The number of amides is 1. The molecule has 1 aromatic carbocycles. The van der Waals surface area contributed by atoms with Gasteiger partial charge in [-0.15, -0.1) is 0 Å². The van der Waals surface area contributed by atoms with E-state index >= 15 is 0 Å². The van der Waals surface area contributed by atoms with Gasteiger partial charge in [0, 0.05) is 26.3 Å². The molecule has 5 nitrogen and oxygen atoms in total. The lowest BCUT2D eigenvalue weighted by atomic mass is 9.72. The van der Waals surface area contributed by atoms with E-state index in [1.165, 1.54) is 0 Å². The maximum absolute atomic E-state index is 13.4. The van der Waals surface area contributed by atoms with E-state index in [0.717, 1.165) is 11.1 Å². The Balaban J connectivity index is 1.91. The number of hydrogen-bond donors (Lipinski definition) is 1. The van der Waals surface area contributed by atoms with Crippen molar-refractivity contribution in [3.63, 3.8) is 0 Å². The van der Waals surface area contributed by atoms with Gasteiger partial charge < -0.3 is 14.7 Å². The van der Waals surface area contributed by atoms with Crippen molar-refractivity contribution in [3.05, 3.63) is 35.4 Å². The van der Waals surface area contributed by atoms with Crippen LogP contribution in [0, 0.1) is 12.3 Å². The number of likely N-dealkylation sites (tertiary alicyclic amines) is 1. The number of aryl methyl sites for hydroxylation is 1. The van der Waals surface area contributed by atoms with Gasteiger partial charge in [0.1, 0.15) is 0 Å². The van der Waals surface area contributed by atoms with Gasteiger partial charge >= 0.3 is 5.97 Å². The maximum atomic E-state index is 13.4. The summed E-state index contributed by atoms with van der Waals surface area (Å²) in [4.78, 5) is 26.6. The predicted molar refractivity (Wildman–Crippen MR) is 89.8 cm³/mol. The standard InChI is InChI=1S/C19H25NO4/c1-14-3-5-15(6-4-14)19(8-11-24-12-9-19)16(21)20-10-7-18(2,13-20)17(22)23/h3-6H,7-13H2,1-2H3,(H,22,23). The molecule has 0 saturated carbocycles. The Kier molecular flexibility index (Phi) is 4.38. The van der Waals surface area contributed by atoms with Crippen LogP contribution < -0.4 is 0 Å². The first-order valence-corrected chi connectivity index (χ1v) is 8.55. The summed E-state index contributed by atoms with van der Waals surface area (Å²) in [5, 5.41) is 9.44. The monoisotopic (exact) mass is 331 g/mol. The molecule has 1 aromatic rings. The zero-order valence-corrected chi connectivity index (χ0v) is 14.4. The van der Waals surface area contributed by atoms with Crippen molar-refractivity contribution in [3.8, 4) is 0 Å². The summed E-state index contributed by atoms with van der Waals surface area (Å²) in [6, 6.07) is 8.13. The molecule has 1 amide bonds. The molecular weight excluding hydrogens is 306 g/mol. The molecule has 0 aromatic heterocycles. The Morgan fingerprint density at radius 3 is 2.29 bits per heavy atom. The molecule has 0 aliphatic carbocycles. The van der Waals surface area contributed by atoms with Crippen molar-refractivity contribution in [1.82, 2.24) is 4.90 Å². The van der Waals surface area contributed by atoms with E-state index in [1.807, 2.05) is 31.2 Å². The van der Waals surface area contributed by atoms with Crippen LogP contribution in [0.15, 0.2) is 24.3 Å². The van der Waals surface area contributed by atoms with Gasteiger partial charge in [-0.2, -0.15) is 0 Å². The first-order valence-electron chi connectivity index (χ1n) is 8.55. The fourth-order valence-corrected chi connectivity index (χ4v) is 3.83. The topological polar surface area (TPSA) is 66.8 Å². The van der Waals surface area contributed by atoms with Crippen molar-refractivity contribution < 1.29 is 19.4 Å². The summed E-state index contributed by atoms with van der Waals surface area (Å²) in [6.45, 7) is 5.67. The second-order valence-corrected chi connectivity index (χ2v) is 7.40. The van der Waals surface area contributed by atoms with Crippen LogP contribution in [-0.4, -0.2) is 48.2 Å². The first kappa shape index (κ1) is 17.0. The fraction of sp³-hybridized carbons (Fsp3) is 0.579. The van der Waals surface area contributed by atoms with Gasteiger partial charge in [-0.1, -0.05) is 29.8 Å². The number of carbonyl (C=O) groups excluding carboxylic acids is 1. The molecule has 1 unspecified atom stereocenters. The van der Waals surface area contributed by atoms with Crippen molar-refractivity contribution in [2.75, 3.05) is 26.3 Å². The van der Waals surface area contributed by atoms with Crippen LogP contribution in [0.1, 0.15) is 37.3 Å². The van der Waals surface area contributed by atoms with E-state index in [-0.39, 0.29) is 12.5 Å². The summed E-state index contributed by atoms with van der Waals surface area (Å²) >= 11 is 0. The third-order valence-corrected chi connectivity index (χ3v) is 5.64. The second kappa shape index (κ2) is 6.20. The SMILES string of the molecule is Cc1ccc(C2(C(=O)N3CCC(C)(C(=O)O)C3)CCOCC2)cc1. The van der Waals surface area contributed by atoms with E-state index < -0.39 is 16.8 Å². The molecule has 0 bridgehead atoms. The van der Waals surface area contributed by atoms with Crippen LogP contribution in [0.2, 0.25) is 0 Å². The number of carbonyl (C=O) groups is 2. The van der Waals surface area contributed by atoms with Crippen molar-refractivity contribution in [2.24, 2.45) is 5.41 Å². The van der Waals surface area contributed by atoms with E-state index in [9.17, 15) is 14.7 Å². The Morgan fingerprint density at radius 1 is 1.12 bits per heavy atom. The largest absolute Gasteiger partial charge is 0.481 e. The Hall–Kier alpha value is -1.88. The molecule has 2 aliphatic heterocycles. The Bertz CT molecular complexity index is 633. The highest BCUT2D eigenvalue weighted by molar-refractivity contribution is 5.89. The minimum Gasteiger partial charge on any atom is -0.481 e. The van der Waals surface area contributed by atoms with Gasteiger partial charge in [-0.3, -0.25) is 9.59 Å². The molecule has 2 aliphatic rings. The van der Waals surface area contributed by atoms with Crippen LogP contribution in [0.3, 0.4) is 0 Å². The molecular formula is C19H25NO4. The minimum absolute atomic E-state index is 0.0552. The highest BCUT2D eigenvalue weighted by Gasteiger charge is 2.49. The van der Waals surface area contributed by atoms with Gasteiger partial charge in [-0.25, -0.2) is 0 Å². The molecule has 2 saturated heterocycles. The molecule has 0 spiro atoms. The first-order chi connectivity index (χ1) is 11.4. The van der Waals surface area contributed by atoms with Crippen LogP contribution >= 0.6 is 0 Å². The molecule has 130 valence electrons. The van der Waals surface area contributed by atoms with Gasteiger partial charge in [0.05, 0.1) is 10.8 Å². The third-order valence-electron chi connectivity index (χ3n) is 5.64. The second-order valence-electron chi connectivity index (χ2n) is 7.40. The highest BCUT2D eigenvalue weighted by Crippen LogP contribution is 2.40. The number of aliphatic carboxylic acids is 1. The zero-order chi connectivity index (χ0) is 17.4. The number of nitrogens with zero attached hydrogens (tertiary/aromatic N) is 1. The van der Waals surface area contributed by atoms with Gasteiger partial charge in [-0.05, 0) is 38.7 Å². The quantitative estimate of drug-likeness (QED) is 0.923. The smallest absolute Gasteiger partial charge is 0.311 e. The van der Waals surface area contributed by atoms with Gasteiger partial charge in [0.15, 0.2) is 0 Å². The number of hydrogen-bond acceptors (Lipinski definition) is 3. The van der Waals surface area contributed by atoms with Crippen LogP contribution in [0.5, 0.6) is 0 Å². The van der Waals surface area contributed by atoms with Crippen LogP contribution in [-0.2, 0) is 19.7 Å². The van der Waals surface area contributed by atoms with E-state index in [2.05, 4.69) is 0 Å². The molecule has 24 heavy (non-hydrogen) atoms. The Morgan fingerprint density at radius 2 is 1.75 bits per heavy atom. The molecule has 1 atom stereocenters. The zero-order valence-electron chi connectivity index (χ0n) is 14.4. The Labute approximate surface area is 142 Å². The highest BCUT2D eigenvalue weighted by atomic mass is 16.5. The van der Waals surface area contributed by atoms with Gasteiger partial charge in [0.2, 0.25) is 5.91 Å². The minimum atomic E-state index is -0.838. The molecule has 2 fully saturated rings. The number of carboxylic acid groups (broad SMARTS) is 1. The van der Waals surface area contributed by atoms with Crippen LogP contribution in [0.25, 0.3) is 0 Å². The number of rotatable bonds is 3. The molecule has 2 heterocycles. The van der Waals surface area contributed by atoms with Crippen molar-refractivity contribution in [1.29, 1.82) is 0 Å². The lowest BCUT2D eigenvalue weighted by Crippen LogP contribution is -2.50. The van der Waals surface area contributed by atoms with Gasteiger partial charge in [0.25, 0.3) is 0 Å². The molecule has 0 radical (unpaired) electrons. The predicted octanol–water partition coefficient (Wildman–Crippen LogP) is 2.37. The van der Waals surface area contributed by atoms with Crippen molar-refractivity contribution >= 4 is 11.9 Å². The van der Waals surface area contributed by atoms with Crippen molar-refractivity contribution in [2.45, 2.75) is 38.5 Å². The summed E-state index contributed by atoms with van der Waals surface area (Å²) in [7, 11) is 0. The molecule has 3 rings (SSSR count). The molecule has 1 N–H and O–H groups in total. The summed E-state index contributed by atoms with van der Waals surface area (Å²) in [5.41, 5.74) is 0.753. The summed E-state index contributed by atoms with van der Waals surface area (Å²) in [6.07, 6.45) is 1.80. The number of benzene rings is 1. The average Bonchev–Trinajstić information content (AvgIpc) is 2.99. The van der Waals surface area contributed by atoms with E-state index in [1.54, 1.807) is 11.8 Å². The summed E-state index contributed by atoms with van der Waals surface area (Å²) in [5.74, 6) is -0.770. The van der Waals surface area contributed by atoms with Crippen LogP contribution in [0.4, 0.5) is 0 Å². The lowest BCUT2D eigenvalue weighted by Gasteiger charge is -2.39. The fourth-order valence-electron chi connectivity index (χ4n) is 3.83. The maximum Gasteiger partial charge on any atom is 0.311 e. The van der Waals surface area contributed by atoms with E-state index in [0.29, 0.717) is 39.0 Å². The number of ether oxygens (including phenoxy) is 1. The third kappa shape index (κ3) is 2.81. The molecule has 5 heteroatoms. The lowest BCUT2D eigenvalue weighted by molar-refractivity contribution is -0.148. The summed E-state index contributed by atoms with van der Waals surface area (Å²) < 4.78 is 5.50. The normalized spacial score (nSPS) is 26.3. The number of carboxylic acids is 1. The average molecular weight is 331 g/mol. The van der Waals surface area contributed by atoms with E-state index in [4.69, 9.17) is 4.74 Å².